The lowest BCUT2D eigenvalue weighted by Gasteiger charge is -2.38. The lowest BCUT2D eigenvalue weighted by atomic mass is 10.1. The zero-order valence-electron chi connectivity index (χ0n) is 12.4. The molecule has 0 saturated carbocycles. The minimum Gasteiger partial charge on any atom is -0.314 e. The van der Waals surface area contributed by atoms with Gasteiger partial charge in [-0.05, 0) is 12.8 Å². The Morgan fingerprint density at radius 1 is 0.895 bits per heavy atom. The van der Waals surface area contributed by atoms with Crippen molar-refractivity contribution < 1.29 is 4.57 Å². The van der Waals surface area contributed by atoms with Gasteiger partial charge >= 0.3 is 0 Å². The molecule has 19 heavy (non-hydrogen) atoms. The van der Waals surface area contributed by atoms with Crippen molar-refractivity contribution >= 4 is 8.46 Å². The van der Waals surface area contributed by atoms with E-state index in [9.17, 15) is 4.57 Å². The maximum Gasteiger partial charge on any atom is 0.177 e. The van der Waals surface area contributed by atoms with Crippen LogP contribution in [-0.2, 0) is 4.57 Å². The molecule has 0 radical (unpaired) electrons. The van der Waals surface area contributed by atoms with Crippen molar-refractivity contribution in [2.24, 2.45) is 0 Å². The van der Waals surface area contributed by atoms with E-state index >= 15 is 0 Å². The first-order valence-corrected chi connectivity index (χ1v) is 8.32. The summed E-state index contributed by atoms with van der Waals surface area (Å²) in [6.07, 6.45) is 1.85. The van der Waals surface area contributed by atoms with E-state index < -0.39 is 0 Å². The maximum atomic E-state index is 11.7. The minimum atomic E-state index is -0.189. The molecule has 1 heterocycles. The Labute approximate surface area is 119 Å². The number of nitrogens with one attached hydrogen (secondary N) is 3. The molecule has 0 aromatic carbocycles. The van der Waals surface area contributed by atoms with Crippen molar-refractivity contribution in [2.75, 3.05) is 52.4 Å². The Morgan fingerprint density at radius 3 is 1.68 bits per heavy atom. The van der Waals surface area contributed by atoms with E-state index in [2.05, 4.69) is 34.7 Å². The Balaban J connectivity index is 2.61. The van der Waals surface area contributed by atoms with Crippen molar-refractivity contribution in [1.82, 2.24) is 20.9 Å². The van der Waals surface area contributed by atoms with Crippen LogP contribution >= 0.6 is 8.46 Å². The van der Waals surface area contributed by atoms with Crippen LogP contribution in [0.25, 0.3) is 0 Å². The van der Waals surface area contributed by atoms with Crippen molar-refractivity contribution in [3.8, 4) is 0 Å². The fourth-order valence-corrected chi connectivity index (χ4v) is 3.14. The zero-order valence-corrected chi connectivity index (χ0v) is 13.3. The van der Waals surface area contributed by atoms with E-state index in [0.717, 1.165) is 65.2 Å². The molecule has 0 aromatic heterocycles. The molecule has 3 N–H and O–H groups in total. The molecule has 1 rings (SSSR count). The quantitative estimate of drug-likeness (QED) is 0.671. The van der Waals surface area contributed by atoms with Gasteiger partial charge in [0, 0.05) is 52.4 Å². The Kier molecular flexibility index (Phi) is 8.75. The summed E-state index contributed by atoms with van der Waals surface area (Å²) < 4.78 is 11.7. The lowest BCUT2D eigenvalue weighted by Crippen LogP contribution is -2.50. The highest BCUT2D eigenvalue weighted by molar-refractivity contribution is 7.25. The monoisotopic (exact) mass is 288 g/mol. The highest BCUT2D eigenvalue weighted by Crippen LogP contribution is 2.34. The lowest BCUT2D eigenvalue weighted by molar-refractivity contribution is 0.152. The van der Waals surface area contributed by atoms with Crippen LogP contribution in [0, 0.1) is 0 Å². The van der Waals surface area contributed by atoms with Crippen LogP contribution in [0.1, 0.15) is 26.7 Å². The summed E-state index contributed by atoms with van der Waals surface area (Å²) in [6.45, 7) is 12.1. The predicted molar refractivity (Wildman–Crippen MR) is 81.1 cm³/mol. The fraction of sp³-hybridized carbons (Fsp3) is 1.00. The van der Waals surface area contributed by atoms with Crippen LogP contribution in [0.2, 0.25) is 0 Å². The van der Waals surface area contributed by atoms with E-state index in [1.165, 1.54) is 0 Å². The smallest absolute Gasteiger partial charge is 0.177 e. The van der Waals surface area contributed by atoms with Crippen LogP contribution in [0.4, 0.5) is 0 Å². The van der Waals surface area contributed by atoms with Crippen LogP contribution in [-0.4, -0.2) is 62.5 Å². The first-order chi connectivity index (χ1) is 9.29. The van der Waals surface area contributed by atoms with E-state index in [1.807, 2.05) is 0 Å². The zero-order chi connectivity index (χ0) is 14.0. The molecule has 0 atom stereocenters. The third-order valence-corrected chi connectivity index (χ3v) is 5.22. The largest absolute Gasteiger partial charge is 0.314 e. The molecule has 0 spiro atoms. The second-order valence-electron chi connectivity index (χ2n) is 5.02. The van der Waals surface area contributed by atoms with Gasteiger partial charge in [0.25, 0.3) is 0 Å². The van der Waals surface area contributed by atoms with Gasteiger partial charge in [-0.3, -0.25) is 9.46 Å². The molecule has 6 heteroatoms. The van der Waals surface area contributed by atoms with Crippen LogP contribution < -0.4 is 16.0 Å². The maximum absolute atomic E-state index is 11.7. The summed E-state index contributed by atoms with van der Waals surface area (Å²) in [4.78, 5) is 2.39. The summed E-state index contributed by atoms with van der Waals surface area (Å²) >= 11 is 0. The predicted octanol–water partition coefficient (Wildman–Crippen LogP) is 0.879. The molecule has 112 valence electrons. The van der Waals surface area contributed by atoms with E-state index in [0.29, 0.717) is 0 Å². The molecule has 0 aliphatic carbocycles. The summed E-state index contributed by atoms with van der Waals surface area (Å²) in [5.74, 6) is 0. The SMILES string of the molecule is CCC(CC)(P=O)N1CCNCCNCCNCC1. The van der Waals surface area contributed by atoms with Gasteiger partial charge < -0.3 is 16.0 Å². The van der Waals surface area contributed by atoms with Crippen LogP contribution in [0.15, 0.2) is 0 Å². The first-order valence-electron chi connectivity index (χ1n) is 7.50. The highest BCUT2D eigenvalue weighted by atomic mass is 31.1. The molecule has 0 unspecified atom stereocenters. The second kappa shape index (κ2) is 9.78. The Bertz CT molecular complexity index is 237. The van der Waals surface area contributed by atoms with Gasteiger partial charge in [-0.15, -0.1) is 0 Å². The molecule has 1 aliphatic rings. The van der Waals surface area contributed by atoms with Crippen LogP contribution in [0.5, 0.6) is 0 Å². The topological polar surface area (TPSA) is 56.4 Å². The van der Waals surface area contributed by atoms with Gasteiger partial charge in [0.15, 0.2) is 8.46 Å². The molecular weight excluding hydrogens is 259 g/mol. The standard InChI is InChI=1S/C13H29N4OP/c1-3-13(4-2,19-18)17-11-9-15-7-5-14-6-8-16-10-12-17/h14-16H,3-12H2,1-2H3. The Morgan fingerprint density at radius 2 is 1.32 bits per heavy atom. The summed E-state index contributed by atoms with van der Waals surface area (Å²) in [5, 5.41) is 10.1. The van der Waals surface area contributed by atoms with Gasteiger partial charge in [-0.1, -0.05) is 13.8 Å². The summed E-state index contributed by atoms with van der Waals surface area (Å²) in [6, 6.07) is 0. The molecule has 0 aromatic rings. The molecule has 5 nitrogen and oxygen atoms in total. The van der Waals surface area contributed by atoms with E-state index in [4.69, 9.17) is 0 Å². The van der Waals surface area contributed by atoms with Crippen molar-refractivity contribution in [3.05, 3.63) is 0 Å². The van der Waals surface area contributed by atoms with Gasteiger partial charge in [0.2, 0.25) is 0 Å². The molecular formula is C13H29N4OP. The van der Waals surface area contributed by atoms with Gasteiger partial charge in [0.05, 0.1) is 0 Å². The van der Waals surface area contributed by atoms with Crippen molar-refractivity contribution in [2.45, 2.75) is 32.0 Å². The fourth-order valence-electron chi connectivity index (χ4n) is 2.57. The third kappa shape index (κ3) is 5.44. The van der Waals surface area contributed by atoms with Crippen molar-refractivity contribution in [3.63, 3.8) is 0 Å². The van der Waals surface area contributed by atoms with Gasteiger partial charge in [0.1, 0.15) is 5.28 Å². The van der Waals surface area contributed by atoms with Gasteiger partial charge in [-0.2, -0.15) is 0 Å². The first kappa shape index (κ1) is 17.0. The molecule has 0 bridgehead atoms. The van der Waals surface area contributed by atoms with Crippen LogP contribution in [0.3, 0.4) is 0 Å². The number of hydrogen-bond donors (Lipinski definition) is 3. The number of rotatable bonds is 4. The average molecular weight is 288 g/mol. The summed E-state index contributed by atoms with van der Waals surface area (Å²) in [5.41, 5.74) is 0. The molecule has 0 amide bonds. The molecule has 1 aliphatic heterocycles. The second-order valence-corrected chi connectivity index (χ2v) is 6.03. The third-order valence-electron chi connectivity index (χ3n) is 3.97. The normalized spacial score (nSPS) is 21.8. The minimum absolute atomic E-state index is 0.189. The van der Waals surface area contributed by atoms with Crippen molar-refractivity contribution in [1.29, 1.82) is 0 Å². The molecule has 1 fully saturated rings. The average Bonchev–Trinajstić information content (AvgIpc) is 2.43. The Hall–Kier alpha value is -0.0600. The van der Waals surface area contributed by atoms with E-state index in [-0.39, 0.29) is 13.7 Å². The summed E-state index contributed by atoms with van der Waals surface area (Å²) in [7, 11) is 0.257. The number of nitrogens with zero attached hydrogens (tertiary/aromatic N) is 1. The highest BCUT2D eigenvalue weighted by Gasteiger charge is 2.33. The van der Waals surface area contributed by atoms with E-state index in [1.54, 1.807) is 0 Å². The number of hydrogen-bond acceptors (Lipinski definition) is 5. The van der Waals surface area contributed by atoms with Gasteiger partial charge in [-0.25, -0.2) is 0 Å². The molecule has 1 saturated heterocycles.